The molecule has 1 aliphatic rings. The quantitative estimate of drug-likeness (QED) is 0.207. The summed E-state index contributed by atoms with van der Waals surface area (Å²) < 4.78 is 81.1. The summed E-state index contributed by atoms with van der Waals surface area (Å²) in [6.07, 6.45) is -9.86. The van der Waals surface area contributed by atoms with E-state index in [9.17, 15) is 40.7 Å². The molecular weight excluding hydrogens is 538 g/mol. The number of rotatable bonds is 6. The molecule has 0 spiro atoms. The Kier molecular flexibility index (Phi) is 6.69. The normalized spacial score (nSPS) is 14.5. The van der Waals surface area contributed by atoms with Gasteiger partial charge < -0.3 is 0 Å². The van der Waals surface area contributed by atoms with Gasteiger partial charge >= 0.3 is 12.4 Å². The maximum absolute atomic E-state index is 13.7. The van der Waals surface area contributed by atoms with E-state index in [0.717, 1.165) is 0 Å². The van der Waals surface area contributed by atoms with Gasteiger partial charge in [-0.3, -0.25) is 24.3 Å². The number of carbonyl (C=O) groups is 3. The highest BCUT2D eigenvalue weighted by Gasteiger charge is 2.43. The molecule has 4 aromatic rings. The minimum absolute atomic E-state index is 0.0165. The number of alkyl halides is 6. The number of hydrogen-bond acceptors (Lipinski definition) is 4. The lowest BCUT2D eigenvalue weighted by Gasteiger charge is -2.26. The average molecular weight is 556 g/mol. The summed E-state index contributed by atoms with van der Waals surface area (Å²) in [4.78, 5) is 45.1. The third-order valence-corrected chi connectivity index (χ3v) is 6.67. The summed E-state index contributed by atoms with van der Waals surface area (Å²) in [5.41, 5.74) is -2.79. The topological polar surface area (TPSA) is 67.3 Å². The fraction of sp³-hybridized carbons (Fsp3) is 0.172. The Morgan fingerprint density at radius 3 is 1.93 bits per heavy atom. The molecule has 0 fully saturated rings. The van der Waals surface area contributed by atoms with E-state index in [1.165, 1.54) is 30.5 Å². The number of nitrogens with zero attached hydrogens (tertiary/aromatic N) is 2. The molecule has 1 aliphatic heterocycles. The van der Waals surface area contributed by atoms with Crippen molar-refractivity contribution < 1.29 is 40.7 Å². The molecule has 2 heterocycles. The molecule has 1 aromatic heterocycles. The van der Waals surface area contributed by atoms with Crippen LogP contribution in [0.2, 0.25) is 0 Å². The van der Waals surface area contributed by atoms with Crippen LogP contribution < -0.4 is 0 Å². The van der Waals surface area contributed by atoms with Crippen molar-refractivity contribution >= 4 is 28.5 Å². The molecule has 3 aromatic carbocycles. The number of Topliss-reactive ketones (excluding diaryl/α,β-unsaturated/α-hetero) is 1. The number of ketones is 1. The first-order chi connectivity index (χ1) is 18.8. The van der Waals surface area contributed by atoms with E-state index in [1.807, 2.05) is 0 Å². The molecule has 40 heavy (non-hydrogen) atoms. The van der Waals surface area contributed by atoms with E-state index in [-0.39, 0.29) is 23.6 Å². The Bertz CT molecular complexity index is 1590. The number of halogens is 6. The lowest BCUT2D eigenvalue weighted by molar-refractivity contribution is -0.143. The molecule has 0 N–H and O–H groups in total. The summed E-state index contributed by atoms with van der Waals surface area (Å²) >= 11 is 0. The highest BCUT2D eigenvalue weighted by Crippen LogP contribution is 2.37. The molecule has 0 saturated heterocycles. The van der Waals surface area contributed by atoms with Gasteiger partial charge in [0.25, 0.3) is 11.8 Å². The number of pyridine rings is 1. The fourth-order valence-corrected chi connectivity index (χ4v) is 4.82. The number of fused-ring (bicyclic) bond motifs is 2. The third kappa shape index (κ3) is 5.06. The number of para-hydroxylation sites is 1. The molecule has 0 aliphatic carbocycles. The van der Waals surface area contributed by atoms with E-state index in [0.29, 0.717) is 33.5 Å². The van der Waals surface area contributed by atoms with E-state index >= 15 is 0 Å². The minimum atomic E-state index is -5.11. The van der Waals surface area contributed by atoms with Crippen LogP contribution in [0, 0.1) is 0 Å². The van der Waals surface area contributed by atoms with Gasteiger partial charge in [0, 0.05) is 24.4 Å². The number of hydrogen-bond donors (Lipinski definition) is 0. The summed E-state index contributed by atoms with van der Waals surface area (Å²) in [6.45, 7) is 0. The first-order valence-electron chi connectivity index (χ1n) is 11.9. The molecule has 11 heteroatoms. The maximum atomic E-state index is 13.7. The molecular formula is C29H18F6N2O3. The Morgan fingerprint density at radius 2 is 1.35 bits per heavy atom. The van der Waals surface area contributed by atoms with E-state index in [2.05, 4.69) is 4.98 Å². The molecule has 5 rings (SSSR count). The van der Waals surface area contributed by atoms with Crippen molar-refractivity contribution in [2.24, 2.45) is 0 Å². The van der Waals surface area contributed by atoms with Crippen molar-refractivity contribution in [2.75, 3.05) is 0 Å². The Hall–Kier alpha value is -4.54. The van der Waals surface area contributed by atoms with Gasteiger partial charge in [0.05, 0.1) is 27.8 Å². The molecule has 0 bridgehead atoms. The van der Waals surface area contributed by atoms with Gasteiger partial charge in [0.1, 0.15) is 6.04 Å². The highest BCUT2D eigenvalue weighted by atomic mass is 19.4. The zero-order valence-electron chi connectivity index (χ0n) is 20.4. The van der Waals surface area contributed by atoms with Gasteiger partial charge in [-0.1, -0.05) is 36.4 Å². The summed E-state index contributed by atoms with van der Waals surface area (Å²) in [5, 5.41) is 0.692. The number of amides is 2. The first-order valence-corrected chi connectivity index (χ1v) is 11.9. The second kappa shape index (κ2) is 9.89. The molecule has 0 saturated carbocycles. The van der Waals surface area contributed by atoms with Crippen molar-refractivity contribution in [3.8, 4) is 0 Å². The van der Waals surface area contributed by atoms with Crippen molar-refractivity contribution in [3.05, 3.63) is 112 Å². The molecule has 1 atom stereocenters. The average Bonchev–Trinajstić information content (AvgIpc) is 3.16. The van der Waals surface area contributed by atoms with E-state index in [1.54, 1.807) is 30.3 Å². The summed E-state index contributed by atoms with van der Waals surface area (Å²) in [5.74, 6) is -2.48. The zero-order chi connectivity index (χ0) is 28.8. The number of aromatic nitrogens is 1. The lowest BCUT2D eigenvalue weighted by atomic mass is 9.93. The van der Waals surface area contributed by atoms with Crippen LogP contribution in [0.4, 0.5) is 26.3 Å². The highest BCUT2D eigenvalue weighted by molar-refractivity contribution is 6.23. The van der Waals surface area contributed by atoms with Crippen molar-refractivity contribution in [2.45, 2.75) is 31.2 Å². The van der Waals surface area contributed by atoms with E-state index in [4.69, 9.17) is 0 Å². The molecule has 0 radical (unpaired) electrons. The number of imide groups is 1. The molecule has 5 nitrogen and oxygen atoms in total. The van der Waals surface area contributed by atoms with Crippen molar-refractivity contribution in [1.29, 1.82) is 0 Å². The molecule has 0 unspecified atom stereocenters. The van der Waals surface area contributed by atoms with Gasteiger partial charge in [0.15, 0.2) is 5.78 Å². The zero-order valence-corrected chi connectivity index (χ0v) is 20.4. The van der Waals surface area contributed by atoms with Crippen LogP contribution in [0.1, 0.15) is 43.0 Å². The largest absolute Gasteiger partial charge is 0.416 e. The number of benzene rings is 3. The van der Waals surface area contributed by atoms with Crippen molar-refractivity contribution in [1.82, 2.24) is 9.88 Å². The van der Waals surface area contributed by atoms with Gasteiger partial charge in [0.2, 0.25) is 0 Å². The SMILES string of the molecule is O=C(Cc1cccc2cccnc12)[C@H](Cc1cc(C(F)(F)F)cc(C(F)(F)F)c1)N1C(=O)c2ccccc2C1=O. The van der Waals surface area contributed by atoms with Gasteiger partial charge in [-0.2, -0.15) is 26.3 Å². The number of carbonyl (C=O) groups excluding carboxylic acids is 3. The Labute approximate surface area is 223 Å². The Balaban J connectivity index is 1.59. The van der Waals surface area contributed by atoms with Crippen LogP contribution in [0.15, 0.2) is 79.0 Å². The Morgan fingerprint density at radius 1 is 0.775 bits per heavy atom. The van der Waals surface area contributed by atoms with Crippen molar-refractivity contribution in [3.63, 3.8) is 0 Å². The second-order valence-electron chi connectivity index (χ2n) is 9.30. The predicted octanol–water partition coefficient (Wildman–Crippen LogP) is 6.29. The van der Waals surface area contributed by atoms with Gasteiger partial charge in [-0.25, -0.2) is 0 Å². The summed E-state index contributed by atoms with van der Waals surface area (Å²) in [7, 11) is 0. The lowest BCUT2D eigenvalue weighted by Crippen LogP contribution is -2.47. The molecule has 2 amide bonds. The minimum Gasteiger partial charge on any atom is -0.297 e. The van der Waals surface area contributed by atoms with Crippen LogP contribution in [0.3, 0.4) is 0 Å². The summed E-state index contributed by atoms with van der Waals surface area (Å²) in [6, 6.07) is 13.4. The van der Waals surface area contributed by atoms with Gasteiger partial charge in [-0.05, 0) is 47.5 Å². The standard InChI is InChI=1S/C29H18F6N2O3/c30-28(31,32)19-11-16(12-20(15-19)29(33,34)35)13-23(37-26(39)21-8-1-2-9-22(21)27(37)40)24(38)14-18-6-3-5-17-7-4-10-36-25(17)18/h1-12,15,23H,13-14H2/t23-/m0/s1. The van der Waals surface area contributed by atoms with Crippen LogP contribution in [-0.4, -0.2) is 33.5 Å². The van der Waals surface area contributed by atoms with Crippen LogP contribution in [-0.2, 0) is 30.0 Å². The van der Waals surface area contributed by atoms with Gasteiger partial charge in [-0.15, -0.1) is 0 Å². The maximum Gasteiger partial charge on any atom is 0.416 e. The monoisotopic (exact) mass is 556 g/mol. The molecule has 204 valence electrons. The second-order valence-corrected chi connectivity index (χ2v) is 9.30. The van der Waals surface area contributed by atoms with Crippen LogP contribution >= 0.6 is 0 Å². The van der Waals surface area contributed by atoms with Crippen LogP contribution in [0.5, 0.6) is 0 Å². The van der Waals surface area contributed by atoms with E-state index < -0.39 is 59.1 Å². The fourth-order valence-electron chi connectivity index (χ4n) is 4.82. The smallest absolute Gasteiger partial charge is 0.297 e. The van der Waals surface area contributed by atoms with Crippen LogP contribution in [0.25, 0.3) is 10.9 Å². The predicted molar refractivity (Wildman–Crippen MR) is 131 cm³/mol. The third-order valence-electron chi connectivity index (χ3n) is 6.67. The first kappa shape index (κ1) is 27.0.